The first-order chi connectivity index (χ1) is 13.4. The van der Waals surface area contributed by atoms with Crippen molar-refractivity contribution in [1.82, 2.24) is 20.4 Å². The molecule has 154 valence electrons. The highest BCUT2D eigenvalue weighted by molar-refractivity contribution is 5.94. The highest BCUT2D eigenvalue weighted by Crippen LogP contribution is 2.26. The van der Waals surface area contributed by atoms with Crippen LogP contribution in [0.3, 0.4) is 0 Å². The Hall–Kier alpha value is -2.26. The number of methoxy groups -OCH3 is 1. The first-order valence-corrected chi connectivity index (χ1v) is 9.42. The molecule has 9 heteroatoms. The Bertz CT molecular complexity index is 691. The fraction of sp³-hybridized carbons (Fsp3) is 0.579. The minimum atomic E-state index is -2.80. The van der Waals surface area contributed by atoms with Gasteiger partial charge >= 0.3 is 0 Å². The maximum absolute atomic E-state index is 13.3. The molecule has 1 aromatic carbocycles. The number of carbonyl (C=O) groups is 2. The van der Waals surface area contributed by atoms with Gasteiger partial charge in [-0.1, -0.05) is 0 Å². The fourth-order valence-electron chi connectivity index (χ4n) is 3.47. The van der Waals surface area contributed by atoms with E-state index in [1.807, 2.05) is 0 Å². The summed E-state index contributed by atoms with van der Waals surface area (Å²) in [6.07, 6.45) is -0.427. The van der Waals surface area contributed by atoms with Crippen molar-refractivity contribution < 1.29 is 23.1 Å². The zero-order chi connectivity index (χ0) is 20.1. The summed E-state index contributed by atoms with van der Waals surface area (Å²) in [7, 11) is 1.57. The van der Waals surface area contributed by atoms with Crippen molar-refractivity contribution in [3.05, 3.63) is 29.8 Å². The number of piperazine rings is 1. The Kier molecular flexibility index (Phi) is 6.46. The molecule has 2 aliphatic heterocycles. The maximum atomic E-state index is 13.3. The molecule has 0 saturated carbocycles. The van der Waals surface area contributed by atoms with Crippen molar-refractivity contribution in [2.24, 2.45) is 0 Å². The third-order valence-corrected chi connectivity index (χ3v) is 5.16. The summed E-state index contributed by atoms with van der Waals surface area (Å²) < 4.78 is 31.6. The van der Waals surface area contributed by atoms with Crippen LogP contribution in [0.1, 0.15) is 16.8 Å². The van der Waals surface area contributed by atoms with E-state index in [2.05, 4.69) is 15.5 Å². The Morgan fingerprint density at radius 3 is 2.46 bits per heavy atom. The van der Waals surface area contributed by atoms with Crippen LogP contribution in [0.2, 0.25) is 0 Å². The molecule has 7 nitrogen and oxygen atoms in total. The molecular weight excluding hydrogens is 370 g/mol. The Morgan fingerprint density at radius 1 is 1.21 bits per heavy atom. The number of benzene rings is 1. The number of nitrogens with zero attached hydrogens (tertiary/aromatic N) is 2. The van der Waals surface area contributed by atoms with Crippen LogP contribution in [-0.2, 0) is 4.79 Å². The van der Waals surface area contributed by atoms with E-state index in [0.717, 1.165) is 0 Å². The number of alkyl halides is 2. The van der Waals surface area contributed by atoms with Crippen LogP contribution in [-0.4, -0.2) is 86.5 Å². The highest BCUT2D eigenvalue weighted by atomic mass is 19.3. The number of carbonyl (C=O) groups excluding carboxylic acids is 2. The molecule has 28 heavy (non-hydrogen) atoms. The lowest BCUT2D eigenvalue weighted by Gasteiger charge is -2.35. The smallest absolute Gasteiger partial charge is 0.262 e. The van der Waals surface area contributed by atoms with Crippen molar-refractivity contribution >= 4 is 11.8 Å². The molecule has 2 saturated heterocycles. The van der Waals surface area contributed by atoms with Gasteiger partial charge in [-0.05, 0) is 24.3 Å². The van der Waals surface area contributed by atoms with Crippen molar-refractivity contribution in [3.8, 4) is 5.75 Å². The van der Waals surface area contributed by atoms with Gasteiger partial charge < -0.3 is 15.0 Å². The molecule has 0 spiro atoms. The predicted molar refractivity (Wildman–Crippen MR) is 99.7 cm³/mol. The van der Waals surface area contributed by atoms with E-state index < -0.39 is 24.9 Å². The van der Waals surface area contributed by atoms with Gasteiger partial charge in [0, 0.05) is 51.3 Å². The third-order valence-electron chi connectivity index (χ3n) is 5.16. The van der Waals surface area contributed by atoms with E-state index in [1.54, 1.807) is 36.3 Å². The summed E-state index contributed by atoms with van der Waals surface area (Å²) in [5.41, 5.74) is 0.567. The molecule has 2 aliphatic rings. The minimum absolute atomic E-state index is 0.148. The normalized spacial score (nSPS) is 22.1. The number of hydrogen-bond acceptors (Lipinski definition) is 5. The van der Waals surface area contributed by atoms with E-state index in [-0.39, 0.29) is 11.8 Å². The summed E-state index contributed by atoms with van der Waals surface area (Å²) >= 11 is 0. The number of nitrogens with one attached hydrogen (secondary N) is 2. The number of ether oxygens (including phenoxy) is 1. The van der Waals surface area contributed by atoms with Crippen LogP contribution < -0.4 is 15.4 Å². The van der Waals surface area contributed by atoms with Crippen LogP contribution in [0.4, 0.5) is 8.78 Å². The van der Waals surface area contributed by atoms with E-state index in [9.17, 15) is 18.4 Å². The average molecular weight is 396 g/mol. The van der Waals surface area contributed by atoms with Crippen LogP contribution in [0.15, 0.2) is 24.3 Å². The zero-order valence-electron chi connectivity index (χ0n) is 15.9. The lowest BCUT2D eigenvalue weighted by atomic mass is 10.1. The van der Waals surface area contributed by atoms with Gasteiger partial charge in [0.15, 0.2) is 0 Å². The zero-order valence-corrected chi connectivity index (χ0v) is 15.9. The van der Waals surface area contributed by atoms with Gasteiger partial charge in [-0.3, -0.25) is 19.8 Å². The predicted octanol–water partition coefficient (Wildman–Crippen LogP) is 0.566. The average Bonchev–Trinajstić information content (AvgIpc) is 3.07. The van der Waals surface area contributed by atoms with Crippen molar-refractivity contribution in [3.63, 3.8) is 0 Å². The van der Waals surface area contributed by atoms with Gasteiger partial charge in [-0.25, -0.2) is 8.78 Å². The Morgan fingerprint density at radius 2 is 1.89 bits per heavy atom. The molecule has 1 aromatic rings. The molecule has 0 radical (unpaired) electrons. The van der Waals surface area contributed by atoms with E-state index in [1.165, 1.54) is 0 Å². The largest absolute Gasteiger partial charge is 0.497 e. The van der Waals surface area contributed by atoms with Crippen LogP contribution in [0, 0.1) is 0 Å². The quantitative estimate of drug-likeness (QED) is 0.736. The standard InChI is InChI=1S/C19H26F2N4O3/c1-28-15-4-2-14(3-5-15)17(26)22-6-7-24-8-10-25(11-9-24)18(27)16-12-19(20,21)13-23-16/h2-5,16,23H,6-13H2,1H3,(H,22,26). The van der Waals surface area contributed by atoms with Gasteiger partial charge in [-0.15, -0.1) is 0 Å². The van der Waals surface area contributed by atoms with Gasteiger partial charge in [-0.2, -0.15) is 0 Å². The third kappa shape index (κ3) is 5.17. The molecule has 2 amide bonds. The van der Waals surface area contributed by atoms with Crippen LogP contribution in [0.5, 0.6) is 5.75 Å². The summed E-state index contributed by atoms with van der Waals surface area (Å²) in [6, 6.07) is 6.10. The molecule has 0 aromatic heterocycles. The molecule has 3 rings (SSSR count). The lowest BCUT2D eigenvalue weighted by molar-refractivity contribution is -0.135. The van der Waals surface area contributed by atoms with Crippen molar-refractivity contribution in [1.29, 1.82) is 0 Å². The van der Waals surface area contributed by atoms with Crippen LogP contribution >= 0.6 is 0 Å². The SMILES string of the molecule is COc1ccc(C(=O)NCCN2CCN(C(=O)C3CC(F)(F)CN3)CC2)cc1. The maximum Gasteiger partial charge on any atom is 0.262 e. The fourth-order valence-corrected chi connectivity index (χ4v) is 3.47. The number of amides is 2. The highest BCUT2D eigenvalue weighted by Gasteiger charge is 2.43. The van der Waals surface area contributed by atoms with Crippen molar-refractivity contribution in [2.75, 3.05) is 52.9 Å². The molecule has 1 unspecified atom stereocenters. The molecular formula is C19H26F2N4O3. The van der Waals surface area contributed by atoms with Gasteiger partial charge in [0.1, 0.15) is 5.75 Å². The second kappa shape index (κ2) is 8.83. The number of halogens is 2. The van der Waals surface area contributed by atoms with Gasteiger partial charge in [0.25, 0.3) is 11.8 Å². The van der Waals surface area contributed by atoms with Gasteiger partial charge in [0.05, 0.1) is 19.7 Å². The minimum Gasteiger partial charge on any atom is -0.497 e. The van der Waals surface area contributed by atoms with E-state index in [0.29, 0.717) is 50.6 Å². The van der Waals surface area contributed by atoms with Gasteiger partial charge in [0.2, 0.25) is 5.91 Å². The summed E-state index contributed by atoms with van der Waals surface area (Å²) in [5, 5.41) is 5.49. The van der Waals surface area contributed by atoms with Crippen molar-refractivity contribution in [2.45, 2.75) is 18.4 Å². The molecule has 0 aliphatic carbocycles. The number of rotatable bonds is 6. The molecule has 0 bridgehead atoms. The molecule has 1 atom stereocenters. The van der Waals surface area contributed by atoms with E-state index >= 15 is 0 Å². The molecule has 2 N–H and O–H groups in total. The molecule has 2 fully saturated rings. The van der Waals surface area contributed by atoms with E-state index in [4.69, 9.17) is 4.74 Å². The summed E-state index contributed by atoms with van der Waals surface area (Å²) in [5.74, 6) is -2.50. The van der Waals surface area contributed by atoms with Crippen LogP contribution in [0.25, 0.3) is 0 Å². The summed E-state index contributed by atoms with van der Waals surface area (Å²) in [6.45, 7) is 3.07. The lowest BCUT2D eigenvalue weighted by Crippen LogP contribution is -2.53. The molecule has 2 heterocycles. The summed E-state index contributed by atoms with van der Waals surface area (Å²) in [4.78, 5) is 28.3. The first-order valence-electron chi connectivity index (χ1n) is 9.42. The second-order valence-corrected chi connectivity index (χ2v) is 7.14. The number of hydrogen-bond donors (Lipinski definition) is 2. The Balaban J connectivity index is 1.36. The first kappa shape index (κ1) is 20.5. The second-order valence-electron chi connectivity index (χ2n) is 7.14. The monoisotopic (exact) mass is 396 g/mol. The topological polar surface area (TPSA) is 73.9 Å². The Labute approximate surface area is 163 Å².